The SMILES string of the molecule is Fc1cc(NCc2c(Cl)cccc2CN2CC3(COC3)C2)cc(F)c1SNc1cscn1. The summed E-state index contributed by atoms with van der Waals surface area (Å²) in [6.07, 6.45) is 0. The summed E-state index contributed by atoms with van der Waals surface area (Å²) in [7, 11) is 0. The minimum Gasteiger partial charge on any atom is -0.381 e. The highest BCUT2D eigenvalue weighted by atomic mass is 35.5. The van der Waals surface area contributed by atoms with Crippen LogP contribution in [0.2, 0.25) is 5.02 Å². The molecule has 1 spiro atoms. The van der Waals surface area contributed by atoms with Crippen molar-refractivity contribution in [2.45, 2.75) is 18.0 Å². The zero-order valence-corrected chi connectivity index (χ0v) is 19.4. The van der Waals surface area contributed by atoms with E-state index in [1.165, 1.54) is 23.5 Å². The summed E-state index contributed by atoms with van der Waals surface area (Å²) in [6, 6.07) is 8.41. The van der Waals surface area contributed by atoms with Crippen molar-refractivity contribution in [1.82, 2.24) is 9.88 Å². The fourth-order valence-corrected chi connectivity index (χ4v) is 5.54. The van der Waals surface area contributed by atoms with E-state index in [-0.39, 0.29) is 4.90 Å². The number of likely N-dealkylation sites (tertiary alicyclic amines) is 1. The molecule has 0 unspecified atom stereocenters. The lowest BCUT2D eigenvalue weighted by molar-refractivity contribution is -0.191. The Morgan fingerprint density at radius 2 is 2.00 bits per heavy atom. The van der Waals surface area contributed by atoms with Gasteiger partial charge in [-0.15, -0.1) is 11.3 Å². The van der Waals surface area contributed by atoms with E-state index in [4.69, 9.17) is 16.3 Å². The molecule has 2 aliphatic heterocycles. The van der Waals surface area contributed by atoms with Gasteiger partial charge in [0, 0.05) is 47.7 Å². The maximum absolute atomic E-state index is 14.6. The standard InChI is InChI=1S/C22H21ClF2N4OS2/c23-17-3-1-2-14(7-29-9-22(10-29)11-30-12-22)16(17)6-26-15-4-18(24)21(19(25)5-15)32-28-20-8-31-13-27-20/h1-5,8,13,26,28H,6-7,9-12H2. The fraction of sp³-hybridized carbons (Fsp3) is 0.318. The molecular weight excluding hydrogens is 474 g/mol. The van der Waals surface area contributed by atoms with Crippen LogP contribution in [0.25, 0.3) is 0 Å². The zero-order chi connectivity index (χ0) is 22.1. The van der Waals surface area contributed by atoms with E-state index in [1.807, 2.05) is 12.1 Å². The van der Waals surface area contributed by atoms with Gasteiger partial charge in [-0.1, -0.05) is 23.7 Å². The van der Waals surface area contributed by atoms with E-state index in [1.54, 1.807) is 10.9 Å². The van der Waals surface area contributed by atoms with Gasteiger partial charge >= 0.3 is 0 Å². The van der Waals surface area contributed by atoms with Crippen molar-refractivity contribution in [2.24, 2.45) is 5.41 Å². The van der Waals surface area contributed by atoms with E-state index >= 15 is 0 Å². The number of aromatic nitrogens is 1. The zero-order valence-electron chi connectivity index (χ0n) is 17.0. The molecule has 2 N–H and O–H groups in total. The molecule has 168 valence electrons. The van der Waals surface area contributed by atoms with Gasteiger partial charge in [0.25, 0.3) is 0 Å². The lowest BCUT2D eigenvalue weighted by Gasteiger charge is -2.55. The van der Waals surface area contributed by atoms with Crippen molar-refractivity contribution in [3.63, 3.8) is 0 Å². The number of rotatable bonds is 8. The summed E-state index contributed by atoms with van der Waals surface area (Å²) in [5.74, 6) is -0.730. The quantitative estimate of drug-likeness (QED) is 0.395. The van der Waals surface area contributed by atoms with Crippen LogP contribution < -0.4 is 10.0 Å². The lowest BCUT2D eigenvalue weighted by atomic mass is 9.78. The molecule has 2 saturated heterocycles. The number of ether oxygens (including phenoxy) is 1. The van der Waals surface area contributed by atoms with Crippen LogP contribution in [-0.2, 0) is 17.8 Å². The molecule has 3 heterocycles. The molecule has 32 heavy (non-hydrogen) atoms. The summed E-state index contributed by atoms with van der Waals surface area (Å²) in [5.41, 5.74) is 4.40. The highest BCUT2D eigenvalue weighted by molar-refractivity contribution is 8.00. The first kappa shape index (κ1) is 21.9. The molecular formula is C22H21ClF2N4OS2. The maximum atomic E-state index is 14.6. The predicted octanol–water partition coefficient (Wildman–Crippen LogP) is 5.64. The van der Waals surface area contributed by atoms with E-state index in [0.717, 1.165) is 55.9 Å². The first-order valence-corrected chi connectivity index (χ1v) is 12.3. The van der Waals surface area contributed by atoms with E-state index in [2.05, 4.69) is 26.0 Å². The Labute approximate surface area is 198 Å². The second-order valence-electron chi connectivity index (χ2n) is 8.22. The Balaban J connectivity index is 1.24. The molecule has 2 aliphatic rings. The maximum Gasteiger partial charge on any atom is 0.147 e. The number of thiazole rings is 1. The van der Waals surface area contributed by atoms with Gasteiger partial charge < -0.3 is 14.8 Å². The number of hydrogen-bond donors (Lipinski definition) is 2. The van der Waals surface area contributed by atoms with Gasteiger partial charge in [-0.3, -0.25) is 4.90 Å². The van der Waals surface area contributed by atoms with Crippen molar-refractivity contribution >= 4 is 46.4 Å². The molecule has 0 aliphatic carbocycles. The minimum absolute atomic E-state index is 0.103. The second-order valence-corrected chi connectivity index (χ2v) is 10.2. The van der Waals surface area contributed by atoms with Crippen LogP contribution in [0.1, 0.15) is 11.1 Å². The van der Waals surface area contributed by atoms with Crippen LogP contribution in [0.4, 0.5) is 20.3 Å². The molecule has 0 atom stereocenters. The summed E-state index contributed by atoms with van der Waals surface area (Å²) < 4.78 is 37.3. The van der Waals surface area contributed by atoms with Crippen LogP contribution in [-0.4, -0.2) is 36.2 Å². The summed E-state index contributed by atoms with van der Waals surface area (Å²) in [4.78, 5) is 6.31. The Hall–Kier alpha value is -1.91. The van der Waals surface area contributed by atoms with Gasteiger partial charge in [0.2, 0.25) is 0 Å². The number of nitrogens with zero attached hydrogens (tertiary/aromatic N) is 2. The number of nitrogens with one attached hydrogen (secondary N) is 2. The summed E-state index contributed by atoms with van der Waals surface area (Å²) >= 11 is 8.73. The Morgan fingerprint density at radius 3 is 2.66 bits per heavy atom. The average Bonchev–Trinajstić information content (AvgIpc) is 3.21. The molecule has 0 saturated carbocycles. The number of halogens is 3. The first-order chi connectivity index (χ1) is 15.5. The van der Waals surface area contributed by atoms with E-state index < -0.39 is 11.6 Å². The van der Waals surface area contributed by atoms with Crippen LogP contribution in [0.3, 0.4) is 0 Å². The van der Waals surface area contributed by atoms with Gasteiger partial charge in [0.15, 0.2) is 0 Å². The van der Waals surface area contributed by atoms with Crippen molar-refractivity contribution < 1.29 is 13.5 Å². The first-order valence-electron chi connectivity index (χ1n) is 10.1. The van der Waals surface area contributed by atoms with Crippen molar-refractivity contribution in [1.29, 1.82) is 0 Å². The van der Waals surface area contributed by atoms with E-state index in [9.17, 15) is 8.78 Å². The molecule has 3 aromatic rings. The third kappa shape index (κ3) is 4.58. The molecule has 2 fully saturated rings. The third-order valence-electron chi connectivity index (χ3n) is 5.70. The van der Waals surface area contributed by atoms with Gasteiger partial charge in [0.1, 0.15) is 22.3 Å². The highest BCUT2D eigenvalue weighted by Gasteiger charge is 2.48. The summed E-state index contributed by atoms with van der Waals surface area (Å²) in [6.45, 7) is 4.91. The largest absolute Gasteiger partial charge is 0.381 e. The second kappa shape index (κ2) is 9.15. The Morgan fingerprint density at radius 1 is 1.22 bits per heavy atom. The summed E-state index contributed by atoms with van der Waals surface area (Å²) in [5, 5.41) is 5.53. The molecule has 0 bridgehead atoms. The van der Waals surface area contributed by atoms with Crippen LogP contribution in [0.15, 0.2) is 46.1 Å². The van der Waals surface area contributed by atoms with Gasteiger partial charge in [-0.2, -0.15) is 0 Å². The van der Waals surface area contributed by atoms with Crippen LogP contribution in [0.5, 0.6) is 0 Å². The topological polar surface area (TPSA) is 49.4 Å². The van der Waals surface area contributed by atoms with Crippen molar-refractivity contribution in [2.75, 3.05) is 36.3 Å². The molecule has 10 heteroatoms. The minimum atomic E-state index is -0.645. The molecule has 1 aromatic heterocycles. The monoisotopic (exact) mass is 494 g/mol. The predicted molar refractivity (Wildman–Crippen MR) is 125 cm³/mol. The van der Waals surface area contributed by atoms with Gasteiger partial charge in [-0.25, -0.2) is 13.8 Å². The van der Waals surface area contributed by atoms with Crippen molar-refractivity contribution in [3.05, 3.63) is 69.0 Å². The number of anilines is 2. The van der Waals surface area contributed by atoms with Gasteiger partial charge in [0.05, 0.1) is 18.7 Å². The normalized spacial score (nSPS) is 17.1. The molecule has 2 aromatic carbocycles. The molecule has 0 radical (unpaired) electrons. The smallest absolute Gasteiger partial charge is 0.147 e. The molecule has 5 rings (SSSR count). The average molecular weight is 495 g/mol. The van der Waals surface area contributed by atoms with Crippen molar-refractivity contribution in [3.8, 4) is 0 Å². The molecule has 0 amide bonds. The van der Waals surface area contributed by atoms with Crippen LogP contribution in [0, 0.1) is 17.0 Å². The van der Waals surface area contributed by atoms with Crippen LogP contribution >= 0.6 is 34.9 Å². The lowest BCUT2D eigenvalue weighted by Crippen LogP contribution is -2.65. The molecule has 5 nitrogen and oxygen atoms in total. The Kier molecular flexibility index (Phi) is 6.26. The number of hydrogen-bond acceptors (Lipinski definition) is 7. The van der Waals surface area contributed by atoms with E-state index in [0.29, 0.717) is 28.5 Å². The number of benzene rings is 2. The fourth-order valence-electron chi connectivity index (χ4n) is 4.09. The third-order valence-corrected chi connectivity index (χ3v) is 7.55. The highest BCUT2D eigenvalue weighted by Crippen LogP contribution is 2.39. The van der Waals surface area contributed by atoms with Gasteiger partial charge in [-0.05, 0) is 41.3 Å². The Bertz CT molecular complexity index is 1080.